The summed E-state index contributed by atoms with van der Waals surface area (Å²) in [6, 6.07) is 40.4. The molecule has 6 aromatic carbocycles. The van der Waals surface area contributed by atoms with Gasteiger partial charge in [0.15, 0.2) is 24.0 Å². The molecule has 6 atom stereocenters. The van der Waals surface area contributed by atoms with Crippen LogP contribution in [0.2, 0.25) is 15.1 Å². The van der Waals surface area contributed by atoms with Gasteiger partial charge in [-0.1, -0.05) is 97.9 Å². The second-order valence-electron chi connectivity index (χ2n) is 30.2. The van der Waals surface area contributed by atoms with E-state index in [-0.39, 0.29) is 61.1 Å². The molecule has 15 rings (SSSR count). The molecule has 584 valence electrons. The number of amides is 3. The van der Waals surface area contributed by atoms with Crippen LogP contribution in [0.25, 0.3) is 32.7 Å². The molecule has 6 aliphatic heterocycles. The zero-order valence-electron chi connectivity index (χ0n) is 64.2. The number of rotatable bonds is 20. The van der Waals surface area contributed by atoms with Gasteiger partial charge >= 0.3 is 18.3 Å². The van der Waals surface area contributed by atoms with Crippen LogP contribution in [0, 0.1) is 17.8 Å². The highest BCUT2D eigenvalue weighted by molar-refractivity contribution is 6.32. The maximum Gasteiger partial charge on any atom is 0.411 e. The number of aromatic nitrogens is 3. The van der Waals surface area contributed by atoms with Crippen LogP contribution in [0.5, 0.6) is 17.2 Å². The van der Waals surface area contributed by atoms with Gasteiger partial charge in [-0.3, -0.25) is 14.7 Å². The van der Waals surface area contributed by atoms with E-state index >= 15 is 0 Å². The van der Waals surface area contributed by atoms with Gasteiger partial charge in [0.25, 0.3) is 0 Å². The molecule has 3 fully saturated rings. The Balaban J connectivity index is 0.000000145. The first kappa shape index (κ1) is 79.4. The van der Waals surface area contributed by atoms with Gasteiger partial charge in [-0.2, -0.15) is 0 Å². The number of benzene rings is 6. The first-order valence-corrected chi connectivity index (χ1v) is 39.3. The quantitative estimate of drug-likeness (QED) is 0.0477. The molecule has 3 unspecified atom stereocenters. The van der Waals surface area contributed by atoms with Crippen molar-refractivity contribution in [3.05, 3.63) is 193 Å². The third-order valence-corrected chi connectivity index (χ3v) is 21.0. The van der Waals surface area contributed by atoms with Crippen LogP contribution in [-0.2, 0) is 61.9 Å². The Morgan fingerprint density at radius 1 is 0.473 bits per heavy atom. The summed E-state index contributed by atoms with van der Waals surface area (Å²) < 4.78 is 69.0. The van der Waals surface area contributed by atoms with Crippen LogP contribution >= 0.6 is 34.8 Å². The number of carbonyl (C=O) groups is 3. The number of carbonyl (C=O) groups excluding carboxylic acids is 3. The molecule has 3 amide bonds. The van der Waals surface area contributed by atoms with E-state index in [0.29, 0.717) is 94.0 Å². The molecule has 3 aromatic heterocycles. The van der Waals surface area contributed by atoms with Gasteiger partial charge in [0.2, 0.25) is 0 Å². The van der Waals surface area contributed by atoms with Gasteiger partial charge in [-0.25, -0.2) is 14.4 Å². The minimum Gasteiger partial charge on any atom is -0.493 e. The van der Waals surface area contributed by atoms with Gasteiger partial charge < -0.3 is 71.8 Å². The highest BCUT2D eigenvalue weighted by Gasteiger charge is 2.41. The molecule has 9 aromatic rings. The number of halogens is 3. The molecule has 110 heavy (non-hydrogen) atoms. The monoisotopic (exact) mass is 1560 g/mol. The summed E-state index contributed by atoms with van der Waals surface area (Å²) in [6.45, 7) is 25.1. The van der Waals surface area contributed by atoms with Crippen LogP contribution in [0.15, 0.2) is 127 Å². The van der Waals surface area contributed by atoms with Crippen molar-refractivity contribution in [2.75, 3.05) is 79.1 Å². The molecule has 24 heteroatoms. The fourth-order valence-electron chi connectivity index (χ4n) is 15.1. The van der Waals surface area contributed by atoms with Crippen LogP contribution in [0.4, 0.5) is 14.4 Å². The van der Waals surface area contributed by atoms with Crippen molar-refractivity contribution in [2.45, 2.75) is 168 Å². The molecule has 0 radical (unpaired) electrons. The first-order chi connectivity index (χ1) is 52.9. The van der Waals surface area contributed by atoms with Crippen molar-refractivity contribution in [1.82, 2.24) is 29.7 Å². The first-order valence-electron chi connectivity index (χ1n) is 38.1. The molecule has 6 aliphatic rings. The van der Waals surface area contributed by atoms with Gasteiger partial charge in [-0.05, 0) is 204 Å². The average molecular weight is 1560 g/mol. The molecule has 3 N–H and O–H groups in total. The van der Waals surface area contributed by atoms with E-state index < -0.39 is 23.5 Å². The Morgan fingerprint density at radius 2 is 0.800 bits per heavy atom. The lowest BCUT2D eigenvalue weighted by molar-refractivity contribution is -0.140. The smallest absolute Gasteiger partial charge is 0.411 e. The standard InChI is InChI=1S/C29H35ClN2O5.C29H31ClN2O5.C28H33ClN2O5/c1-18(2)16-35-28(33)32-13-11-23-24-15-20(30)7-10-25(24)31-26(23)27(32)19-5-8-21(9-6-19)34-14-12-22-17-36-29(3,4)37-22;1-4-5-15-35-28(33)32-14-12-23-24-17-20(30)8-11-25(24)31-26(23)27(32)19-6-9-21(10-7-19)34-16-13-22-18-36-29(2,3)37-22;1-4-14-34-27(32)31-13-11-22-23-16-19(29)7-10-24(23)30-25(22)26(31)18-5-8-20(9-6-18)33-15-12-21-17-35-28(2,3)36-21/h5-10,15,18,22,27,31H,11-14,16-17H2,1-4H3;6-11,17,22,27,31H,12-16,18H2,1-3H3;5-10,16,21,26,30H,4,11-15,17H2,1-3H3/t2*22-,27?;21-,26?/m000/s1. The van der Waals surface area contributed by atoms with Gasteiger partial charge in [0.1, 0.15) is 35.4 Å². The zero-order chi connectivity index (χ0) is 77.4. The molecule has 0 bridgehead atoms. The predicted octanol–water partition coefficient (Wildman–Crippen LogP) is 18.6. The molecular weight excluding hydrogens is 1460 g/mol. The van der Waals surface area contributed by atoms with E-state index in [1.807, 2.05) is 200 Å². The van der Waals surface area contributed by atoms with Crippen molar-refractivity contribution in [3.8, 4) is 29.1 Å². The van der Waals surface area contributed by atoms with Gasteiger partial charge in [-0.15, -0.1) is 5.92 Å². The zero-order valence-corrected chi connectivity index (χ0v) is 66.5. The van der Waals surface area contributed by atoms with E-state index in [1.165, 1.54) is 16.7 Å². The predicted molar refractivity (Wildman–Crippen MR) is 424 cm³/mol. The molecule has 9 heterocycles. The minimum absolute atomic E-state index is 0.0300. The van der Waals surface area contributed by atoms with Crippen LogP contribution in [0.1, 0.15) is 164 Å². The van der Waals surface area contributed by atoms with Gasteiger partial charge in [0, 0.05) is 104 Å². The Hall–Kier alpha value is -8.66. The lowest BCUT2D eigenvalue weighted by Gasteiger charge is -2.35. The minimum atomic E-state index is -0.532. The van der Waals surface area contributed by atoms with E-state index in [4.69, 9.17) is 91.6 Å². The lowest BCUT2D eigenvalue weighted by atomic mass is 9.92. The average Bonchev–Trinajstić information content (AvgIpc) is 1.59. The summed E-state index contributed by atoms with van der Waals surface area (Å²) in [5, 5.41) is 5.37. The summed E-state index contributed by atoms with van der Waals surface area (Å²) in [5.41, 5.74) is 12.5. The molecular formula is C86H99Cl3N6O15. The maximum absolute atomic E-state index is 13.2. The Labute approximate surface area is 657 Å². The molecule has 0 aliphatic carbocycles. The summed E-state index contributed by atoms with van der Waals surface area (Å²) >= 11 is 18.9. The number of nitrogens with one attached hydrogen (secondary N) is 3. The van der Waals surface area contributed by atoms with E-state index in [0.717, 1.165) is 122 Å². The fraction of sp³-hybridized carbons (Fsp3) is 0.453. The summed E-state index contributed by atoms with van der Waals surface area (Å²) in [7, 11) is 0. The number of aromatic amines is 3. The molecule has 0 saturated carbocycles. The van der Waals surface area contributed by atoms with Crippen molar-refractivity contribution < 1.29 is 71.2 Å². The highest BCUT2D eigenvalue weighted by Crippen LogP contribution is 2.44. The van der Waals surface area contributed by atoms with E-state index in [9.17, 15) is 14.4 Å². The number of H-pyrrole nitrogens is 3. The normalized spacial score (nSPS) is 20.7. The summed E-state index contributed by atoms with van der Waals surface area (Å²) in [6.07, 6.45) is 4.31. The Bertz CT molecular complexity index is 4760. The van der Waals surface area contributed by atoms with E-state index in [2.05, 4.69) is 26.8 Å². The number of hydrogen-bond acceptors (Lipinski definition) is 15. The number of ether oxygens (including phenoxy) is 12. The molecule has 21 nitrogen and oxygen atoms in total. The number of fused-ring (bicyclic) bond motifs is 9. The van der Waals surface area contributed by atoms with Gasteiger partial charge in [0.05, 0.1) is 71.2 Å². The Kier molecular flexibility index (Phi) is 25.2. The second-order valence-corrected chi connectivity index (χ2v) is 31.5. The fourth-order valence-corrected chi connectivity index (χ4v) is 15.7. The van der Waals surface area contributed by atoms with Crippen LogP contribution < -0.4 is 14.2 Å². The second kappa shape index (κ2) is 34.9. The summed E-state index contributed by atoms with van der Waals surface area (Å²) in [4.78, 5) is 55.3. The van der Waals surface area contributed by atoms with Crippen molar-refractivity contribution >= 4 is 85.8 Å². The van der Waals surface area contributed by atoms with Crippen LogP contribution in [-0.4, -0.2) is 163 Å². The highest BCUT2D eigenvalue weighted by atomic mass is 35.5. The topological polar surface area (TPSA) is 219 Å². The summed E-state index contributed by atoms with van der Waals surface area (Å²) in [5.74, 6) is 6.54. The van der Waals surface area contributed by atoms with Crippen LogP contribution in [0.3, 0.4) is 0 Å². The van der Waals surface area contributed by atoms with Crippen molar-refractivity contribution in [2.24, 2.45) is 5.92 Å². The molecule has 0 spiro atoms. The molecule has 3 saturated heterocycles. The lowest BCUT2D eigenvalue weighted by Crippen LogP contribution is -2.41. The third kappa shape index (κ3) is 19.1. The van der Waals surface area contributed by atoms with Crippen molar-refractivity contribution in [1.29, 1.82) is 0 Å². The number of nitrogens with zero attached hydrogens (tertiary/aromatic N) is 3. The maximum atomic E-state index is 13.2. The Morgan fingerprint density at radius 3 is 1.10 bits per heavy atom. The largest absolute Gasteiger partial charge is 0.493 e. The van der Waals surface area contributed by atoms with Crippen molar-refractivity contribution in [3.63, 3.8) is 0 Å². The third-order valence-electron chi connectivity index (χ3n) is 20.3. The van der Waals surface area contributed by atoms with E-state index in [1.54, 1.807) is 11.8 Å². The SMILES string of the molecule is CC#CCOC(=O)N1CCc2c([nH]c3ccc(Cl)cc23)C1c1ccc(OCC[C@H]2COC(C)(C)O2)cc1.CC(C)COC(=O)N1CCc2c([nH]c3ccc(Cl)cc23)C1c1ccc(OCC[C@H]2COC(C)(C)O2)cc1.CCCOC(=O)N1CCc2c([nH]c3ccc(Cl)cc23)C1c1ccc(OCC[C@H]2COC(C)(C)O2)cc1. The number of hydrogen-bond donors (Lipinski definition) is 3.